The Hall–Kier alpha value is -2.18. The van der Waals surface area contributed by atoms with Crippen molar-refractivity contribution < 1.29 is 19.1 Å². The third-order valence-electron chi connectivity index (χ3n) is 3.10. The van der Waals surface area contributed by atoms with Gasteiger partial charge in [-0.15, -0.1) is 11.8 Å². The molecule has 7 heteroatoms. The van der Waals surface area contributed by atoms with Gasteiger partial charge in [0.05, 0.1) is 18.4 Å². The van der Waals surface area contributed by atoms with Gasteiger partial charge in [0, 0.05) is 9.92 Å². The van der Waals surface area contributed by atoms with E-state index in [-0.39, 0.29) is 0 Å². The van der Waals surface area contributed by atoms with E-state index in [1.54, 1.807) is 30.3 Å². The molecule has 126 valence electrons. The van der Waals surface area contributed by atoms with Crippen LogP contribution in [0.4, 0.5) is 5.69 Å². The maximum atomic E-state index is 12.1. The maximum Gasteiger partial charge on any atom is 0.339 e. The number of methoxy groups -OCH3 is 1. The summed E-state index contributed by atoms with van der Waals surface area (Å²) in [4.78, 5) is 24.9. The van der Waals surface area contributed by atoms with Crippen molar-refractivity contribution in [3.05, 3.63) is 53.1 Å². The Kier molecular flexibility index (Phi) is 6.52. The van der Waals surface area contributed by atoms with Crippen molar-refractivity contribution >= 4 is 40.9 Å². The highest BCUT2D eigenvalue weighted by molar-refractivity contribution is 7.98. The largest absolute Gasteiger partial charge is 0.495 e. The Morgan fingerprint density at radius 1 is 1.21 bits per heavy atom. The van der Waals surface area contributed by atoms with Crippen LogP contribution >= 0.6 is 23.4 Å². The summed E-state index contributed by atoms with van der Waals surface area (Å²) in [6.45, 7) is -0.406. The summed E-state index contributed by atoms with van der Waals surface area (Å²) in [5, 5.41) is 3.06. The van der Waals surface area contributed by atoms with E-state index in [4.69, 9.17) is 21.1 Å². The van der Waals surface area contributed by atoms with Gasteiger partial charge in [0.15, 0.2) is 6.61 Å². The van der Waals surface area contributed by atoms with Gasteiger partial charge in [0.2, 0.25) is 0 Å². The second-order valence-corrected chi connectivity index (χ2v) is 5.95. The number of rotatable bonds is 6. The van der Waals surface area contributed by atoms with Gasteiger partial charge in [-0.05, 0) is 36.6 Å². The zero-order chi connectivity index (χ0) is 17.5. The number of thioether (sulfide) groups is 1. The molecule has 0 radical (unpaired) electrons. The van der Waals surface area contributed by atoms with Gasteiger partial charge < -0.3 is 14.8 Å². The molecule has 1 N–H and O–H groups in total. The first-order chi connectivity index (χ1) is 11.5. The minimum atomic E-state index is -0.548. The molecule has 0 saturated heterocycles. The highest BCUT2D eigenvalue weighted by atomic mass is 35.5. The standard InChI is InChI=1S/C17H16ClNO4S/c1-22-14-8-7-11(18)9-13(14)19-16(20)10-23-17(21)12-5-3-4-6-15(12)24-2/h3-9H,10H2,1-2H3,(H,19,20). The Bertz CT molecular complexity index is 751. The molecule has 0 unspecified atom stereocenters. The fraction of sp³-hybridized carbons (Fsp3) is 0.176. The van der Waals surface area contributed by atoms with Crippen LogP contribution in [0.1, 0.15) is 10.4 Å². The van der Waals surface area contributed by atoms with Crippen molar-refractivity contribution in [2.45, 2.75) is 4.90 Å². The molecule has 1 amide bonds. The van der Waals surface area contributed by atoms with Gasteiger partial charge >= 0.3 is 5.97 Å². The summed E-state index contributed by atoms with van der Waals surface area (Å²) in [6.07, 6.45) is 1.87. The number of hydrogen-bond acceptors (Lipinski definition) is 5. The zero-order valence-corrected chi connectivity index (χ0v) is 14.7. The fourth-order valence-electron chi connectivity index (χ4n) is 1.99. The molecule has 0 atom stereocenters. The molecule has 2 rings (SSSR count). The van der Waals surface area contributed by atoms with Crippen molar-refractivity contribution in [2.75, 3.05) is 25.3 Å². The fourth-order valence-corrected chi connectivity index (χ4v) is 2.74. The van der Waals surface area contributed by atoms with E-state index in [1.165, 1.54) is 18.9 Å². The zero-order valence-electron chi connectivity index (χ0n) is 13.2. The highest BCUT2D eigenvalue weighted by Gasteiger charge is 2.15. The summed E-state index contributed by atoms with van der Waals surface area (Å²) >= 11 is 7.34. The summed E-state index contributed by atoms with van der Waals surface area (Å²) in [7, 11) is 1.48. The number of carbonyl (C=O) groups is 2. The first-order valence-electron chi connectivity index (χ1n) is 6.98. The molecule has 0 aliphatic heterocycles. The highest BCUT2D eigenvalue weighted by Crippen LogP contribution is 2.27. The van der Waals surface area contributed by atoms with Crippen LogP contribution in [-0.4, -0.2) is 31.8 Å². The summed E-state index contributed by atoms with van der Waals surface area (Å²) < 4.78 is 10.2. The van der Waals surface area contributed by atoms with E-state index in [0.29, 0.717) is 22.0 Å². The number of hydrogen-bond donors (Lipinski definition) is 1. The monoisotopic (exact) mass is 365 g/mol. The number of carbonyl (C=O) groups excluding carboxylic acids is 2. The Morgan fingerprint density at radius 3 is 2.67 bits per heavy atom. The van der Waals surface area contributed by atoms with Gasteiger partial charge in [-0.2, -0.15) is 0 Å². The van der Waals surface area contributed by atoms with Gasteiger partial charge in [-0.25, -0.2) is 4.79 Å². The average molecular weight is 366 g/mol. The Morgan fingerprint density at radius 2 is 1.96 bits per heavy atom. The third-order valence-corrected chi connectivity index (χ3v) is 4.13. The third kappa shape index (κ3) is 4.66. The van der Waals surface area contributed by atoms with Gasteiger partial charge in [0.25, 0.3) is 5.91 Å². The molecule has 0 fully saturated rings. The van der Waals surface area contributed by atoms with Crippen LogP contribution in [0.15, 0.2) is 47.4 Å². The quantitative estimate of drug-likeness (QED) is 0.622. The van der Waals surface area contributed by atoms with Crippen LogP contribution in [-0.2, 0) is 9.53 Å². The van der Waals surface area contributed by atoms with Crippen LogP contribution in [0.2, 0.25) is 5.02 Å². The lowest BCUT2D eigenvalue weighted by Gasteiger charge is -2.11. The van der Waals surface area contributed by atoms with Crippen molar-refractivity contribution in [3.8, 4) is 5.75 Å². The second kappa shape index (κ2) is 8.61. The van der Waals surface area contributed by atoms with Crippen LogP contribution < -0.4 is 10.1 Å². The number of benzene rings is 2. The van der Waals surface area contributed by atoms with E-state index < -0.39 is 18.5 Å². The minimum absolute atomic E-state index is 0.406. The van der Waals surface area contributed by atoms with Crippen LogP contribution in [0, 0.1) is 0 Å². The normalized spacial score (nSPS) is 10.1. The Balaban J connectivity index is 1.98. The van der Waals surface area contributed by atoms with Crippen molar-refractivity contribution in [2.24, 2.45) is 0 Å². The average Bonchev–Trinajstić information content (AvgIpc) is 2.59. The molecular formula is C17H16ClNO4S. The van der Waals surface area contributed by atoms with E-state index in [9.17, 15) is 9.59 Å². The van der Waals surface area contributed by atoms with Gasteiger partial charge in [-0.1, -0.05) is 23.7 Å². The summed E-state index contributed by atoms with van der Waals surface area (Å²) in [5.74, 6) is -0.564. The predicted molar refractivity (Wildman–Crippen MR) is 95.1 cm³/mol. The lowest BCUT2D eigenvalue weighted by molar-refractivity contribution is -0.119. The van der Waals surface area contributed by atoms with Crippen LogP contribution in [0.25, 0.3) is 0 Å². The number of esters is 1. The van der Waals surface area contributed by atoms with Crippen molar-refractivity contribution in [3.63, 3.8) is 0 Å². The number of halogens is 1. The minimum Gasteiger partial charge on any atom is -0.495 e. The van der Waals surface area contributed by atoms with E-state index in [1.807, 2.05) is 18.4 Å². The molecule has 2 aromatic rings. The number of anilines is 1. The maximum absolute atomic E-state index is 12.1. The molecule has 5 nitrogen and oxygen atoms in total. The second-order valence-electron chi connectivity index (χ2n) is 4.67. The van der Waals surface area contributed by atoms with Crippen LogP contribution in [0.5, 0.6) is 5.75 Å². The lowest BCUT2D eigenvalue weighted by Crippen LogP contribution is -2.21. The smallest absolute Gasteiger partial charge is 0.339 e. The molecular weight excluding hydrogens is 350 g/mol. The molecule has 0 aromatic heterocycles. The first kappa shape index (κ1) is 18.2. The van der Waals surface area contributed by atoms with Gasteiger partial charge in [0.1, 0.15) is 5.75 Å². The number of nitrogens with one attached hydrogen (secondary N) is 1. The number of ether oxygens (including phenoxy) is 2. The van der Waals surface area contributed by atoms with Crippen molar-refractivity contribution in [1.82, 2.24) is 0 Å². The molecule has 24 heavy (non-hydrogen) atoms. The van der Waals surface area contributed by atoms with E-state index in [0.717, 1.165) is 4.90 Å². The van der Waals surface area contributed by atoms with Crippen LogP contribution in [0.3, 0.4) is 0 Å². The first-order valence-corrected chi connectivity index (χ1v) is 8.59. The lowest BCUT2D eigenvalue weighted by atomic mass is 10.2. The van der Waals surface area contributed by atoms with Gasteiger partial charge in [-0.3, -0.25) is 4.79 Å². The molecule has 0 heterocycles. The van der Waals surface area contributed by atoms with Crippen molar-refractivity contribution in [1.29, 1.82) is 0 Å². The summed E-state index contributed by atoms with van der Waals surface area (Å²) in [5.41, 5.74) is 0.841. The molecule has 0 aliphatic carbocycles. The topological polar surface area (TPSA) is 64.6 Å². The van der Waals surface area contributed by atoms with E-state index in [2.05, 4.69) is 5.32 Å². The van der Waals surface area contributed by atoms with E-state index >= 15 is 0 Å². The number of amides is 1. The molecule has 0 aliphatic rings. The molecule has 0 spiro atoms. The summed E-state index contributed by atoms with van der Waals surface area (Å²) in [6, 6.07) is 11.9. The Labute approximate surface area is 149 Å². The predicted octanol–water partition coefficient (Wildman–Crippen LogP) is 3.87. The molecule has 2 aromatic carbocycles. The SMILES string of the molecule is COc1ccc(Cl)cc1NC(=O)COC(=O)c1ccccc1SC. The molecule has 0 saturated carbocycles. The molecule has 0 bridgehead atoms.